The van der Waals surface area contributed by atoms with Crippen molar-refractivity contribution < 1.29 is 14.7 Å². The van der Waals surface area contributed by atoms with Gasteiger partial charge in [-0.3, -0.25) is 14.5 Å². The minimum absolute atomic E-state index is 0.0122. The Morgan fingerprint density at radius 1 is 1.27 bits per heavy atom. The van der Waals surface area contributed by atoms with Gasteiger partial charge < -0.3 is 10.0 Å². The van der Waals surface area contributed by atoms with Crippen molar-refractivity contribution in [2.24, 2.45) is 0 Å². The molecule has 0 aromatic heterocycles. The molecule has 1 unspecified atom stereocenters. The summed E-state index contributed by atoms with van der Waals surface area (Å²) in [6.07, 6.45) is 2.59. The zero-order valence-corrected chi connectivity index (χ0v) is 13.4. The van der Waals surface area contributed by atoms with E-state index in [0.717, 1.165) is 19.3 Å². The topological polar surface area (TPSA) is 60.9 Å². The number of halogens is 1. The molecule has 2 rings (SSSR count). The number of likely N-dealkylation sites (N-methyl/N-ethyl adjacent to an activating group) is 1. The molecule has 1 aliphatic rings. The van der Waals surface area contributed by atoms with Crippen molar-refractivity contribution >= 4 is 23.5 Å². The average Bonchev–Trinajstić information content (AvgIpc) is 2.72. The summed E-state index contributed by atoms with van der Waals surface area (Å²) in [4.78, 5) is 27.0. The van der Waals surface area contributed by atoms with Crippen molar-refractivity contribution in [1.29, 1.82) is 0 Å². The van der Waals surface area contributed by atoms with Gasteiger partial charge in [-0.15, -0.1) is 0 Å². The number of nitrogens with zero attached hydrogens (tertiary/aromatic N) is 2. The predicted molar refractivity (Wildman–Crippen MR) is 85.3 cm³/mol. The lowest BCUT2D eigenvalue weighted by molar-refractivity contribution is -0.138. The van der Waals surface area contributed by atoms with Gasteiger partial charge >= 0.3 is 5.97 Å². The number of benzene rings is 1. The molecule has 5 nitrogen and oxygen atoms in total. The van der Waals surface area contributed by atoms with Crippen LogP contribution in [-0.2, 0) is 4.79 Å². The number of aliphatic carboxylic acids is 1. The Bertz CT molecular complexity index is 533. The number of carboxylic acids is 1. The number of rotatable bonds is 4. The molecular formula is C16H21ClN2O3. The van der Waals surface area contributed by atoms with Crippen molar-refractivity contribution in [3.8, 4) is 0 Å². The third-order valence-corrected chi connectivity index (χ3v) is 4.34. The van der Waals surface area contributed by atoms with E-state index in [-0.39, 0.29) is 18.5 Å². The van der Waals surface area contributed by atoms with E-state index in [1.165, 1.54) is 0 Å². The molecule has 1 aromatic rings. The molecule has 1 fully saturated rings. The van der Waals surface area contributed by atoms with E-state index in [4.69, 9.17) is 16.7 Å². The van der Waals surface area contributed by atoms with Gasteiger partial charge in [-0.05, 0) is 50.6 Å². The van der Waals surface area contributed by atoms with Crippen LogP contribution in [0.2, 0.25) is 5.02 Å². The van der Waals surface area contributed by atoms with Crippen LogP contribution in [0.3, 0.4) is 0 Å². The fourth-order valence-corrected chi connectivity index (χ4v) is 2.97. The van der Waals surface area contributed by atoms with E-state index in [1.54, 1.807) is 24.3 Å². The Balaban J connectivity index is 1.96. The molecule has 22 heavy (non-hydrogen) atoms. The molecule has 0 spiro atoms. The highest BCUT2D eigenvalue weighted by Crippen LogP contribution is 2.18. The smallest absolute Gasteiger partial charge is 0.317 e. The van der Waals surface area contributed by atoms with Gasteiger partial charge in [-0.2, -0.15) is 0 Å². The number of hydrogen-bond acceptors (Lipinski definition) is 3. The van der Waals surface area contributed by atoms with E-state index >= 15 is 0 Å². The van der Waals surface area contributed by atoms with Crippen LogP contribution in [0.5, 0.6) is 0 Å². The molecular weight excluding hydrogens is 304 g/mol. The molecule has 1 saturated heterocycles. The minimum Gasteiger partial charge on any atom is -0.480 e. The number of carboxylic acid groups (broad SMARTS) is 1. The first-order valence-electron chi connectivity index (χ1n) is 7.44. The van der Waals surface area contributed by atoms with Crippen LogP contribution in [0.15, 0.2) is 24.3 Å². The Morgan fingerprint density at radius 2 is 1.95 bits per heavy atom. The van der Waals surface area contributed by atoms with Crippen molar-refractivity contribution in [2.75, 3.05) is 26.7 Å². The quantitative estimate of drug-likeness (QED) is 0.923. The maximum atomic E-state index is 12.5. The lowest BCUT2D eigenvalue weighted by Crippen LogP contribution is -2.37. The molecule has 1 heterocycles. The van der Waals surface area contributed by atoms with Crippen LogP contribution >= 0.6 is 11.6 Å². The first-order chi connectivity index (χ1) is 10.5. The van der Waals surface area contributed by atoms with Gasteiger partial charge in [0.25, 0.3) is 5.91 Å². The third kappa shape index (κ3) is 4.45. The third-order valence-electron chi connectivity index (χ3n) is 4.08. The molecule has 6 heteroatoms. The number of hydrogen-bond donors (Lipinski definition) is 1. The molecule has 120 valence electrons. The summed E-state index contributed by atoms with van der Waals surface area (Å²) in [5.74, 6) is -0.806. The van der Waals surface area contributed by atoms with E-state index in [2.05, 4.69) is 0 Å². The molecule has 1 aliphatic heterocycles. The number of carbonyl (C=O) groups is 2. The van der Waals surface area contributed by atoms with E-state index in [1.807, 2.05) is 16.8 Å². The maximum absolute atomic E-state index is 12.5. The van der Waals surface area contributed by atoms with Gasteiger partial charge in [0.15, 0.2) is 0 Å². The number of likely N-dealkylation sites (tertiary alicyclic amines) is 1. The summed E-state index contributed by atoms with van der Waals surface area (Å²) in [6.45, 7) is 1.39. The summed E-state index contributed by atoms with van der Waals surface area (Å²) in [6, 6.07) is 7.12. The van der Waals surface area contributed by atoms with Crippen LogP contribution in [0, 0.1) is 0 Å². The lowest BCUT2D eigenvalue weighted by Gasteiger charge is -2.25. The van der Waals surface area contributed by atoms with Gasteiger partial charge in [0.1, 0.15) is 0 Å². The van der Waals surface area contributed by atoms with Crippen LogP contribution in [0.4, 0.5) is 0 Å². The van der Waals surface area contributed by atoms with Gasteiger partial charge in [-0.25, -0.2) is 0 Å². The Morgan fingerprint density at radius 3 is 2.59 bits per heavy atom. The van der Waals surface area contributed by atoms with E-state index < -0.39 is 5.97 Å². The monoisotopic (exact) mass is 324 g/mol. The van der Waals surface area contributed by atoms with Crippen LogP contribution < -0.4 is 0 Å². The van der Waals surface area contributed by atoms with Crippen molar-refractivity contribution in [3.63, 3.8) is 0 Å². The van der Waals surface area contributed by atoms with Crippen LogP contribution in [0.1, 0.15) is 29.6 Å². The van der Waals surface area contributed by atoms with Gasteiger partial charge in [0.2, 0.25) is 0 Å². The summed E-state index contributed by atoms with van der Waals surface area (Å²) < 4.78 is 0. The summed E-state index contributed by atoms with van der Waals surface area (Å²) in [5.41, 5.74) is 0.641. The fourth-order valence-electron chi connectivity index (χ4n) is 2.84. The molecule has 0 aliphatic carbocycles. The molecule has 0 bridgehead atoms. The lowest BCUT2D eigenvalue weighted by atomic mass is 10.1. The Kier molecular flexibility index (Phi) is 5.80. The number of amides is 1. The fraction of sp³-hybridized carbons (Fsp3) is 0.500. The second kappa shape index (κ2) is 7.61. The molecule has 0 radical (unpaired) electrons. The first kappa shape index (κ1) is 16.8. The zero-order chi connectivity index (χ0) is 16.1. The van der Waals surface area contributed by atoms with E-state index in [0.29, 0.717) is 23.7 Å². The Hall–Kier alpha value is -1.59. The van der Waals surface area contributed by atoms with E-state index in [9.17, 15) is 9.59 Å². The highest BCUT2D eigenvalue weighted by Gasteiger charge is 2.24. The van der Waals surface area contributed by atoms with Crippen molar-refractivity contribution in [2.45, 2.75) is 25.3 Å². The maximum Gasteiger partial charge on any atom is 0.317 e. The standard InChI is InChI=1S/C16H21ClN2O3/c1-18(11-15(20)21)14-3-2-9-19(10-8-14)16(22)12-4-6-13(17)7-5-12/h4-7,14H,2-3,8-11H2,1H3,(H,20,21). The molecule has 1 N–H and O–H groups in total. The SMILES string of the molecule is CN(CC(=O)O)C1CCCN(C(=O)c2ccc(Cl)cc2)CC1. The summed E-state index contributed by atoms with van der Waals surface area (Å²) >= 11 is 5.85. The molecule has 0 saturated carbocycles. The van der Waals surface area contributed by atoms with Gasteiger partial charge in [0, 0.05) is 29.7 Å². The minimum atomic E-state index is -0.819. The molecule has 1 amide bonds. The summed E-state index contributed by atoms with van der Waals surface area (Å²) in [5, 5.41) is 9.49. The highest BCUT2D eigenvalue weighted by molar-refractivity contribution is 6.30. The van der Waals surface area contributed by atoms with Crippen LogP contribution in [0.25, 0.3) is 0 Å². The van der Waals surface area contributed by atoms with Crippen LogP contribution in [-0.4, -0.2) is 59.5 Å². The van der Waals surface area contributed by atoms with Gasteiger partial charge in [0.05, 0.1) is 6.54 Å². The normalized spacial score (nSPS) is 19.0. The van der Waals surface area contributed by atoms with Crippen molar-refractivity contribution in [3.05, 3.63) is 34.9 Å². The Labute approximate surface area is 135 Å². The second-order valence-electron chi connectivity index (χ2n) is 5.69. The van der Waals surface area contributed by atoms with Crippen molar-refractivity contribution in [1.82, 2.24) is 9.80 Å². The molecule has 1 aromatic carbocycles. The van der Waals surface area contributed by atoms with Gasteiger partial charge in [-0.1, -0.05) is 11.6 Å². The number of carbonyl (C=O) groups excluding carboxylic acids is 1. The molecule has 1 atom stereocenters. The average molecular weight is 325 g/mol. The largest absolute Gasteiger partial charge is 0.480 e. The second-order valence-corrected chi connectivity index (χ2v) is 6.13. The summed E-state index contributed by atoms with van der Waals surface area (Å²) in [7, 11) is 1.83. The highest BCUT2D eigenvalue weighted by atomic mass is 35.5. The zero-order valence-electron chi connectivity index (χ0n) is 12.7. The first-order valence-corrected chi connectivity index (χ1v) is 7.82. The predicted octanol–water partition coefficient (Wildman–Crippen LogP) is 2.35.